The lowest BCUT2D eigenvalue weighted by Crippen LogP contribution is -1.97. The van der Waals surface area contributed by atoms with Crippen LogP contribution >= 0.6 is 11.6 Å². The fourth-order valence-electron chi connectivity index (χ4n) is 2.28. The van der Waals surface area contributed by atoms with E-state index in [1.54, 1.807) is 0 Å². The third-order valence-corrected chi connectivity index (χ3v) is 3.81. The summed E-state index contributed by atoms with van der Waals surface area (Å²) in [5.74, 6) is 0. The van der Waals surface area contributed by atoms with Crippen molar-refractivity contribution in [3.8, 4) is 11.3 Å². The minimum absolute atomic E-state index is 0.736. The summed E-state index contributed by atoms with van der Waals surface area (Å²) in [5.41, 5.74) is 4.07. The molecule has 0 saturated heterocycles. The molecular formula is C18H15ClN2. The molecule has 0 radical (unpaired) electrons. The van der Waals surface area contributed by atoms with Gasteiger partial charge in [0.1, 0.15) is 0 Å². The zero-order chi connectivity index (χ0) is 14.5. The SMILES string of the molecule is Clc1c(CCc2ccccn2)ccnc1-c1ccccc1. The Morgan fingerprint density at radius 3 is 2.33 bits per heavy atom. The largest absolute Gasteiger partial charge is 0.261 e. The first-order valence-electron chi connectivity index (χ1n) is 6.93. The monoisotopic (exact) mass is 294 g/mol. The minimum atomic E-state index is 0.736. The van der Waals surface area contributed by atoms with E-state index < -0.39 is 0 Å². The van der Waals surface area contributed by atoms with E-state index in [2.05, 4.69) is 9.97 Å². The van der Waals surface area contributed by atoms with Crippen LogP contribution in [0.1, 0.15) is 11.3 Å². The van der Waals surface area contributed by atoms with Crippen molar-refractivity contribution < 1.29 is 0 Å². The molecule has 0 amide bonds. The third kappa shape index (κ3) is 3.29. The van der Waals surface area contributed by atoms with Crippen LogP contribution in [0, 0.1) is 0 Å². The number of halogens is 1. The van der Waals surface area contributed by atoms with Crippen LogP contribution < -0.4 is 0 Å². The van der Waals surface area contributed by atoms with Crippen molar-refractivity contribution in [3.63, 3.8) is 0 Å². The van der Waals surface area contributed by atoms with Gasteiger partial charge in [0.25, 0.3) is 0 Å². The first-order valence-corrected chi connectivity index (χ1v) is 7.31. The predicted octanol–water partition coefficient (Wildman–Crippen LogP) is 4.58. The lowest BCUT2D eigenvalue weighted by atomic mass is 10.0. The highest BCUT2D eigenvalue weighted by molar-refractivity contribution is 6.33. The summed E-state index contributed by atoms with van der Waals surface area (Å²) >= 11 is 6.53. The highest BCUT2D eigenvalue weighted by atomic mass is 35.5. The number of nitrogens with zero attached hydrogens (tertiary/aromatic N) is 2. The third-order valence-electron chi connectivity index (χ3n) is 3.39. The van der Waals surface area contributed by atoms with E-state index in [1.165, 1.54) is 0 Å². The molecule has 0 unspecified atom stereocenters. The number of hydrogen-bond acceptors (Lipinski definition) is 2. The van der Waals surface area contributed by atoms with E-state index in [1.807, 2.05) is 67.0 Å². The molecule has 0 atom stereocenters. The van der Waals surface area contributed by atoms with Crippen molar-refractivity contribution in [2.45, 2.75) is 12.8 Å². The summed E-state index contributed by atoms with van der Waals surface area (Å²) in [6.07, 6.45) is 5.37. The van der Waals surface area contributed by atoms with Crippen molar-refractivity contribution >= 4 is 11.6 Å². The van der Waals surface area contributed by atoms with Gasteiger partial charge in [0.05, 0.1) is 10.7 Å². The van der Waals surface area contributed by atoms with Crippen molar-refractivity contribution in [3.05, 3.63) is 83.3 Å². The Labute approximate surface area is 129 Å². The zero-order valence-electron chi connectivity index (χ0n) is 11.5. The van der Waals surface area contributed by atoms with Gasteiger partial charge in [0.15, 0.2) is 0 Å². The van der Waals surface area contributed by atoms with Crippen LogP contribution in [0.5, 0.6) is 0 Å². The molecule has 3 rings (SSSR count). The Morgan fingerprint density at radius 1 is 0.762 bits per heavy atom. The molecular weight excluding hydrogens is 280 g/mol. The molecule has 3 heteroatoms. The highest BCUT2D eigenvalue weighted by Crippen LogP contribution is 2.29. The molecule has 0 N–H and O–H groups in total. The molecule has 0 saturated carbocycles. The van der Waals surface area contributed by atoms with Gasteiger partial charge in [-0.2, -0.15) is 0 Å². The van der Waals surface area contributed by atoms with Crippen LogP contribution in [0.4, 0.5) is 0 Å². The van der Waals surface area contributed by atoms with Crippen molar-refractivity contribution in [1.29, 1.82) is 0 Å². The van der Waals surface area contributed by atoms with Gasteiger partial charge in [0, 0.05) is 23.7 Å². The summed E-state index contributed by atoms with van der Waals surface area (Å²) in [5, 5.41) is 0.736. The summed E-state index contributed by atoms with van der Waals surface area (Å²) in [6.45, 7) is 0. The van der Waals surface area contributed by atoms with Crippen molar-refractivity contribution in [1.82, 2.24) is 9.97 Å². The Morgan fingerprint density at radius 2 is 1.57 bits per heavy atom. The van der Waals surface area contributed by atoms with Gasteiger partial charge in [-0.15, -0.1) is 0 Å². The molecule has 2 heterocycles. The molecule has 0 fully saturated rings. The molecule has 0 aliphatic rings. The molecule has 21 heavy (non-hydrogen) atoms. The van der Waals surface area contributed by atoms with Gasteiger partial charge >= 0.3 is 0 Å². The van der Waals surface area contributed by atoms with Crippen molar-refractivity contribution in [2.24, 2.45) is 0 Å². The second-order valence-corrected chi connectivity index (χ2v) is 5.20. The molecule has 104 valence electrons. The van der Waals surface area contributed by atoms with Crippen LogP contribution in [0.3, 0.4) is 0 Å². The Hall–Kier alpha value is -2.19. The Bertz CT molecular complexity index is 712. The number of rotatable bonds is 4. The smallest absolute Gasteiger partial charge is 0.0890 e. The molecule has 3 aromatic rings. The molecule has 2 aromatic heterocycles. The maximum absolute atomic E-state index is 6.53. The van der Waals surface area contributed by atoms with Gasteiger partial charge in [0.2, 0.25) is 0 Å². The molecule has 1 aromatic carbocycles. The summed E-state index contributed by atoms with van der Waals surface area (Å²) in [7, 11) is 0. The molecule has 0 spiro atoms. The van der Waals surface area contributed by atoms with E-state index in [0.717, 1.165) is 40.4 Å². The molecule has 0 aliphatic heterocycles. The van der Waals surface area contributed by atoms with Crippen LogP contribution in [-0.2, 0) is 12.8 Å². The lowest BCUT2D eigenvalue weighted by Gasteiger charge is -2.09. The highest BCUT2D eigenvalue weighted by Gasteiger charge is 2.09. The van der Waals surface area contributed by atoms with Crippen LogP contribution in [-0.4, -0.2) is 9.97 Å². The average Bonchev–Trinajstić information content (AvgIpc) is 2.56. The first kappa shape index (κ1) is 13.8. The Kier molecular flexibility index (Phi) is 4.27. The maximum atomic E-state index is 6.53. The number of pyridine rings is 2. The van der Waals surface area contributed by atoms with E-state index >= 15 is 0 Å². The number of aryl methyl sites for hydroxylation is 2. The second kappa shape index (κ2) is 6.51. The van der Waals surface area contributed by atoms with Crippen molar-refractivity contribution in [2.75, 3.05) is 0 Å². The van der Waals surface area contributed by atoms with Gasteiger partial charge in [-0.05, 0) is 36.6 Å². The van der Waals surface area contributed by atoms with Crippen LogP contribution in [0.15, 0.2) is 67.0 Å². The minimum Gasteiger partial charge on any atom is -0.261 e. The van der Waals surface area contributed by atoms with E-state index in [9.17, 15) is 0 Å². The normalized spacial score (nSPS) is 10.5. The molecule has 0 bridgehead atoms. The first-order chi connectivity index (χ1) is 10.3. The number of benzene rings is 1. The lowest BCUT2D eigenvalue weighted by molar-refractivity contribution is 0.911. The quantitative estimate of drug-likeness (QED) is 0.704. The summed E-state index contributed by atoms with van der Waals surface area (Å²) in [4.78, 5) is 8.76. The van der Waals surface area contributed by atoms with Crippen LogP contribution in [0.25, 0.3) is 11.3 Å². The number of hydrogen-bond donors (Lipinski definition) is 0. The van der Waals surface area contributed by atoms with Gasteiger partial charge < -0.3 is 0 Å². The summed E-state index contributed by atoms with van der Waals surface area (Å²) < 4.78 is 0. The summed E-state index contributed by atoms with van der Waals surface area (Å²) in [6, 6.07) is 18.0. The van der Waals surface area contributed by atoms with Gasteiger partial charge in [-0.3, -0.25) is 9.97 Å². The molecule has 2 nitrogen and oxygen atoms in total. The number of aromatic nitrogens is 2. The standard InChI is InChI=1S/C18H15ClN2/c19-17-14(9-10-16-8-4-5-12-20-16)11-13-21-18(17)15-6-2-1-3-7-15/h1-8,11-13H,9-10H2. The van der Waals surface area contributed by atoms with E-state index in [4.69, 9.17) is 11.6 Å². The Balaban J connectivity index is 1.84. The average molecular weight is 295 g/mol. The van der Waals surface area contributed by atoms with Gasteiger partial charge in [-0.25, -0.2) is 0 Å². The van der Waals surface area contributed by atoms with E-state index in [-0.39, 0.29) is 0 Å². The van der Waals surface area contributed by atoms with Crippen LogP contribution in [0.2, 0.25) is 5.02 Å². The van der Waals surface area contributed by atoms with Gasteiger partial charge in [-0.1, -0.05) is 48.0 Å². The predicted molar refractivity (Wildman–Crippen MR) is 86.3 cm³/mol. The fourth-order valence-corrected chi connectivity index (χ4v) is 2.60. The molecule has 0 aliphatic carbocycles. The second-order valence-electron chi connectivity index (χ2n) is 4.82. The van der Waals surface area contributed by atoms with E-state index in [0.29, 0.717) is 0 Å². The topological polar surface area (TPSA) is 25.8 Å². The maximum Gasteiger partial charge on any atom is 0.0890 e. The fraction of sp³-hybridized carbons (Fsp3) is 0.111. The zero-order valence-corrected chi connectivity index (χ0v) is 12.3.